The molecule has 0 bridgehead atoms. The summed E-state index contributed by atoms with van der Waals surface area (Å²) in [6.45, 7) is 6.49. The van der Waals surface area contributed by atoms with Crippen LogP contribution in [0.2, 0.25) is 0 Å². The van der Waals surface area contributed by atoms with Gasteiger partial charge in [-0.05, 0) is 44.9 Å². The van der Waals surface area contributed by atoms with Gasteiger partial charge in [-0.25, -0.2) is 0 Å². The summed E-state index contributed by atoms with van der Waals surface area (Å²) in [5.41, 5.74) is 5.52. The van der Waals surface area contributed by atoms with Crippen LogP contribution < -0.4 is 0 Å². The van der Waals surface area contributed by atoms with Crippen molar-refractivity contribution >= 4 is 11.8 Å². The van der Waals surface area contributed by atoms with E-state index in [0.717, 1.165) is 12.2 Å². The zero-order chi connectivity index (χ0) is 13.0. The van der Waals surface area contributed by atoms with E-state index >= 15 is 0 Å². The van der Waals surface area contributed by atoms with Crippen molar-refractivity contribution in [2.24, 2.45) is 0 Å². The Morgan fingerprint density at radius 2 is 1.56 bits per heavy atom. The van der Waals surface area contributed by atoms with Crippen molar-refractivity contribution < 1.29 is 0 Å². The van der Waals surface area contributed by atoms with Gasteiger partial charge in [0, 0.05) is 10.6 Å². The van der Waals surface area contributed by atoms with Crippen molar-refractivity contribution in [3.05, 3.63) is 64.7 Å². The van der Waals surface area contributed by atoms with Gasteiger partial charge in [0.2, 0.25) is 0 Å². The first-order chi connectivity index (χ1) is 8.63. The highest BCUT2D eigenvalue weighted by Crippen LogP contribution is 2.20. The van der Waals surface area contributed by atoms with Crippen molar-refractivity contribution in [3.63, 3.8) is 0 Å². The third kappa shape index (κ3) is 3.92. The van der Waals surface area contributed by atoms with Gasteiger partial charge in [0.25, 0.3) is 0 Å². The topological polar surface area (TPSA) is 0 Å². The molecular weight excluding hydrogens is 236 g/mol. The molecule has 2 rings (SSSR count). The molecule has 0 nitrogen and oxygen atoms in total. The number of benzene rings is 2. The van der Waals surface area contributed by atoms with Gasteiger partial charge in [0.15, 0.2) is 0 Å². The smallest absolute Gasteiger partial charge is 0.00746 e. The lowest BCUT2D eigenvalue weighted by molar-refractivity contribution is 1.13. The van der Waals surface area contributed by atoms with Gasteiger partial charge in [0.05, 0.1) is 0 Å². The minimum Gasteiger partial charge on any atom is -0.126 e. The highest BCUT2D eigenvalue weighted by molar-refractivity contribution is 7.99. The van der Waals surface area contributed by atoms with Gasteiger partial charge in [-0.3, -0.25) is 0 Å². The summed E-state index contributed by atoms with van der Waals surface area (Å²) in [7, 11) is 0. The minimum absolute atomic E-state index is 1.14. The van der Waals surface area contributed by atoms with E-state index in [0.29, 0.717) is 0 Å². The second kappa shape index (κ2) is 6.10. The monoisotopic (exact) mass is 256 g/mol. The molecule has 94 valence electrons. The first-order valence-electron chi connectivity index (χ1n) is 6.40. The summed E-state index contributed by atoms with van der Waals surface area (Å²) in [5, 5.41) is 0. The number of thioether (sulfide) groups is 1. The second-order valence-electron chi connectivity index (χ2n) is 4.91. The Bertz CT molecular complexity index is 509. The molecule has 0 aromatic heterocycles. The number of aryl methyl sites for hydroxylation is 4. The zero-order valence-corrected chi connectivity index (χ0v) is 12.2. The van der Waals surface area contributed by atoms with Crippen LogP contribution in [-0.4, -0.2) is 5.75 Å². The predicted octanol–water partition coefficient (Wildman–Crippen LogP) is 4.95. The summed E-state index contributed by atoms with van der Waals surface area (Å²) < 4.78 is 0. The van der Waals surface area contributed by atoms with Crippen LogP contribution in [-0.2, 0) is 6.42 Å². The zero-order valence-electron chi connectivity index (χ0n) is 11.4. The van der Waals surface area contributed by atoms with Gasteiger partial charge in [-0.2, -0.15) is 0 Å². The molecule has 0 atom stereocenters. The van der Waals surface area contributed by atoms with E-state index in [1.165, 1.54) is 27.1 Å². The molecule has 0 saturated carbocycles. The summed E-state index contributed by atoms with van der Waals surface area (Å²) in [6.07, 6.45) is 1.14. The molecule has 0 aliphatic heterocycles. The molecule has 0 saturated heterocycles. The molecule has 0 radical (unpaired) electrons. The molecule has 1 heteroatoms. The van der Waals surface area contributed by atoms with Crippen molar-refractivity contribution in [2.45, 2.75) is 32.1 Å². The van der Waals surface area contributed by atoms with Crippen LogP contribution in [0.3, 0.4) is 0 Å². The standard InChI is InChI=1S/C17H20S/c1-13-5-4-6-17(12-13)18-8-7-16-10-14(2)9-15(3)11-16/h4-6,9-12H,7-8H2,1-3H3. The lowest BCUT2D eigenvalue weighted by Crippen LogP contribution is -1.91. The summed E-state index contributed by atoms with van der Waals surface area (Å²) in [4.78, 5) is 1.37. The van der Waals surface area contributed by atoms with Gasteiger partial charge < -0.3 is 0 Å². The first kappa shape index (κ1) is 13.2. The summed E-state index contributed by atoms with van der Waals surface area (Å²) >= 11 is 1.94. The maximum atomic E-state index is 2.30. The average molecular weight is 256 g/mol. The molecule has 0 heterocycles. The first-order valence-corrected chi connectivity index (χ1v) is 7.39. The van der Waals surface area contributed by atoms with Crippen LogP contribution in [0.15, 0.2) is 47.4 Å². The Hall–Kier alpha value is -1.21. The van der Waals surface area contributed by atoms with Crippen molar-refractivity contribution in [1.29, 1.82) is 0 Å². The average Bonchev–Trinajstić information content (AvgIpc) is 2.27. The number of hydrogen-bond donors (Lipinski definition) is 0. The van der Waals surface area contributed by atoms with Crippen LogP contribution >= 0.6 is 11.8 Å². The SMILES string of the molecule is Cc1cc(C)cc(CCSc2cccc(C)c2)c1. The maximum absolute atomic E-state index is 2.30. The lowest BCUT2D eigenvalue weighted by Gasteiger charge is -2.05. The fraction of sp³-hybridized carbons (Fsp3) is 0.294. The van der Waals surface area contributed by atoms with Crippen molar-refractivity contribution in [3.8, 4) is 0 Å². The molecule has 0 fully saturated rings. The van der Waals surface area contributed by atoms with E-state index < -0.39 is 0 Å². The van der Waals surface area contributed by atoms with Crippen molar-refractivity contribution in [1.82, 2.24) is 0 Å². The van der Waals surface area contributed by atoms with Gasteiger partial charge in [-0.15, -0.1) is 11.8 Å². The molecule has 0 amide bonds. The van der Waals surface area contributed by atoms with Gasteiger partial charge >= 0.3 is 0 Å². The van der Waals surface area contributed by atoms with Crippen LogP contribution in [0.5, 0.6) is 0 Å². The van der Waals surface area contributed by atoms with Crippen molar-refractivity contribution in [2.75, 3.05) is 5.75 Å². The van der Waals surface area contributed by atoms with Crippen LogP contribution in [0.1, 0.15) is 22.3 Å². The molecular formula is C17H20S. The summed E-state index contributed by atoms with van der Waals surface area (Å²) in [5.74, 6) is 1.15. The van der Waals surface area contributed by atoms with Crippen LogP contribution in [0.25, 0.3) is 0 Å². The Morgan fingerprint density at radius 1 is 0.833 bits per heavy atom. The van der Waals surface area contributed by atoms with Gasteiger partial charge in [0.1, 0.15) is 0 Å². The van der Waals surface area contributed by atoms with E-state index in [1.807, 2.05) is 11.8 Å². The Morgan fingerprint density at radius 3 is 2.22 bits per heavy atom. The molecule has 18 heavy (non-hydrogen) atoms. The van der Waals surface area contributed by atoms with Crippen LogP contribution in [0, 0.1) is 20.8 Å². The third-order valence-corrected chi connectivity index (χ3v) is 3.93. The van der Waals surface area contributed by atoms with E-state index in [4.69, 9.17) is 0 Å². The van der Waals surface area contributed by atoms with E-state index in [1.54, 1.807) is 0 Å². The fourth-order valence-electron chi connectivity index (χ4n) is 2.21. The number of hydrogen-bond acceptors (Lipinski definition) is 1. The summed E-state index contributed by atoms with van der Waals surface area (Å²) in [6, 6.07) is 15.6. The third-order valence-electron chi connectivity index (χ3n) is 2.93. The molecule has 2 aromatic carbocycles. The van der Waals surface area contributed by atoms with Gasteiger partial charge in [-0.1, -0.05) is 47.0 Å². The Kier molecular flexibility index (Phi) is 4.48. The largest absolute Gasteiger partial charge is 0.126 e. The molecule has 0 spiro atoms. The van der Waals surface area contributed by atoms with E-state index in [9.17, 15) is 0 Å². The molecule has 0 aliphatic carbocycles. The molecule has 2 aromatic rings. The fourth-order valence-corrected chi connectivity index (χ4v) is 3.22. The second-order valence-corrected chi connectivity index (χ2v) is 6.08. The quantitative estimate of drug-likeness (QED) is 0.698. The van der Waals surface area contributed by atoms with Crippen LogP contribution in [0.4, 0.5) is 0 Å². The minimum atomic E-state index is 1.14. The van der Waals surface area contributed by atoms with E-state index in [-0.39, 0.29) is 0 Å². The molecule has 0 N–H and O–H groups in total. The number of rotatable bonds is 4. The highest BCUT2D eigenvalue weighted by Gasteiger charge is 1.98. The predicted molar refractivity (Wildman–Crippen MR) is 81.5 cm³/mol. The van der Waals surface area contributed by atoms with E-state index in [2.05, 4.69) is 63.2 Å². The Balaban J connectivity index is 1.92. The molecule has 0 unspecified atom stereocenters. The molecule has 0 aliphatic rings. The maximum Gasteiger partial charge on any atom is 0.00746 e. The highest BCUT2D eigenvalue weighted by atomic mass is 32.2. The Labute approximate surface area is 114 Å². The lowest BCUT2D eigenvalue weighted by atomic mass is 10.1. The normalized spacial score (nSPS) is 10.6.